The van der Waals surface area contributed by atoms with Gasteiger partial charge in [0.25, 0.3) is 5.82 Å². The number of hydrogen-bond acceptors (Lipinski definition) is 0. The molecule has 1 aromatic rings. The van der Waals surface area contributed by atoms with E-state index >= 15 is 0 Å². The Bertz CT molecular complexity index is 635. The number of aromatic amines is 1. The van der Waals surface area contributed by atoms with Crippen LogP contribution in [0, 0.1) is 0 Å². The molecule has 2 unspecified atom stereocenters. The predicted octanol–water partition coefficient (Wildman–Crippen LogP) is 13.7. The van der Waals surface area contributed by atoms with E-state index in [-0.39, 0.29) is 0 Å². The van der Waals surface area contributed by atoms with Gasteiger partial charge in [-0.15, -0.1) is 0 Å². The lowest BCUT2D eigenvalue weighted by molar-refractivity contribution is -0.727. The monoisotopic (exact) mass is 574 g/mol. The molecular formula is C39H77N2+. The number of aromatic nitrogens is 2. The highest BCUT2D eigenvalue weighted by Crippen LogP contribution is 2.27. The van der Waals surface area contributed by atoms with Gasteiger partial charge in [-0.1, -0.05) is 188 Å². The van der Waals surface area contributed by atoms with Crippen molar-refractivity contribution in [3.63, 3.8) is 0 Å². The molecular weight excluding hydrogens is 496 g/mol. The lowest BCUT2D eigenvalue weighted by atomic mass is 9.93. The molecule has 0 aliphatic heterocycles. The van der Waals surface area contributed by atoms with Crippen molar-refractivity contribution in [2.45, 2.75) is 232 Å². The van der Waals surface area contributed by atoms with Crippen molar-refractivity contribution < 1.29 is 4.57 Å². The number of H-pyrrole nitrogens is 1. The fourth-order valence-electron chi connectivity index (χ4n) is 6.78. The summed E-state index contributed by atoms with van der Waals surface area (Å²) in [5, 5.41) is 0. The van der Waals surface area contributed by atoms with Crippen molar-refractivity contribution in [1.82, 2.24) is 4.98 Å². The highest BCUT2D eigenvalue weighted by molar-refractivity contribution is 4.90. The summed E-state index contributed by atoms with van der Waals surface area (Å²) in [5.41, 5.74) is 0. The van der Waals surface area contributed by atoms with E-state index in [1.165, 1.54) is 198 Å². The van der Waals surface area contributed by atoms with Gasteiger partial charge in [0.2, 0.25) is 0 Å². The molecule has 0 bridgehead atoms. The lowest BCUT2D eigenvalue weighted by Crippen LogP contribution is -2.41. The number of imidazole rings is 1. The largest absolute Gasteiger partial charge is 0.257 e. The van der Waals surface area contributed by atoms with E-state index in [0.29, 0.717) is 12.0 Å². The minimum Gasteiger partial charge on any atom is -0.247 e. The van der Waals surface area contributed by atoms with E-state index in [0.717, 1.165) is 0 Å². The van der Waals surface area contributed by atoms with Crippen LogP contribution < -0.4 is 4.57 Å². The minimum absolute atomic E-state index is 0.621. The molecule has 242 valence electrons. The Kier molecular flexibility index (Phi) is 27.3. The molecule has 2 atom stereocenters. The maximum absolute atomic E-state index is 3.71. The van der Waals surface area contributed by atoms with E-state index in [1.54, 1.807) is 0 Å². The molecule has 2 heteroatoms. The SMILES string of the molecule is CCCCCCCCCCCCCCCCCC(CCCCC)c1[nH]cc[n+]1C(C)CCCCCCCCCCC. The number of nitrogens with zero attached hydrogens (tertiary/aromatic N) is 1. The van der Waals surface area contributed by atoms with E-state index in [4.69, 9.17) is 0 Å². The van der Waals surface area contributed by atoms with Crippen molar-refractivity contribution in [2.75, 3.05) is 0 Å². The first kappa shape index (κ1) is 38.2. The van der Waals surface area contributed by atoms with Crippen LogP contribution in [-0.2, 0) is 0 Å². The zero-order chi connectivity index (χ0) is 29.6. The molecule has 0 amide bonds. The Balaban J connectivity index is 2.24. The van der Waals surface area contributed by atoms with Gasteiger partial charge < -0.3 is 0 Å². The summed E-state index contributed by atoms with van der Waals surface area (Å²) < 4.78 is 2.62. The minimum atomic E-state index is 0.621. The summed E-state index contributed by atoms with van der Waals surface area (Å²) in [6, 6.07) is 0.621. The fourth-order valence-corrected chi connectivity index (χ4v) is 6.78. The third-order valence-electron chi connectivity index (χ3n) is 9.64. The van der Waals surface area contributed by atoms with Crippen LogP contribution in [0.25, 0.3) is 0 Å². The topological polar surface area (TPSA) is 19.7 Å². The Morgan fingerprint density at radius 1 is 0.463 bits per heavy atom. The zero-order valence-corrected chi connectivity index (χ0v) is 29.0. The summed E-state index contributed by atoms with van der Waals surface area (Å²) in [7, 11) is 0. The van der Waals surface area contributed by atoms with Crippen LogP contribution in [0.1, 0.15) is 238 Å². The second-order valence-corrected chi connectivity index (χ2v) is 13.6. The smallest absolute Gasteiger partial charge is 0.247 e. The first-order chi connectivity index (χ1) is 20.2. The predicted molar refractivity (Wildman–Crippen MR) is 184 cm³/mol. The molecule has 0 saturated carbocycles. The Morgan fingerprint density at radius 3 is 1.20 bits per heavy atom. The van der Waals surface area contributed by atoms with Gasteiger partial charge in [0.15, 0.2) is 0 Å². The number of nitrogens with one attached hydrogen (secondary N) is 1. The van der Waals surface area contributed by atoms with Gasteiger partial charge in [-0.05, 0) is 32.6 Å². The first-order valence-electron chi connectivity index (χ1n) is 19.3. The summed E-state index contributed by atoms with van der Waals surface area (Å²) in [4.78, 5) is 3.71. The molecule has 1 N–H and O–H groups in total. The zero-order valence-electron chi connectivity index (χ0n) is 29.0. The van der Waals surface area contributed by atoms with Gasteiger partial charge in [0.05, 0.1) is 12.0 Å². The molecule has 0 aliphatic carbocycles. The molecule has 0 saturated heterocycles. The number of rotatable bonds is 32. The standard InChI is InChI=1S/C39H76N2/c1-5-8-11-13-15-17-18-19-20-21-22-24-26-28-31-34-38(33-29-10-7-3)39-40-35-36-41(39)37(4)32-30-27-25-23-16-14-12-9-6-2/h35-38H,5-34H2,1-4H3/p+1. The van der Waals surface area contributed by atoms with Gasteiger partial charge in [0.1, 0.15) is 12.4 Å². The average Bonchev–Trinajstić information content (AvgIpc) is 3.47. The van der Waals surface area contributed by atoms with Crippen LogP contribution >= 0.6 is 0 Å². The number of unbranched alkanes of at least 4 members (excludes halogenated alkanes) is 24. The normalized spacial score (nSPS) is 13.2. The highest BCUT2D eigenvalue weighted by Gasteiger charge is 2.25. The Labute approximate surface area is 259 Å². The van der Waals surface area contributed by atoms with Crippen molar-refractivity contribution >= 4 is 0 Å². The van der Waals surface area contributed by atoms with Crippen LogP contribution in [0.15, 0.2) is 12.4 Å². The maximum atomic E-state index is 3.71. The Morgan fingerprint density at radius 2 is 0.780 bits per heavy atom. The summed E-state index contributed by atoms with van der Waals surface area (Å²) >= 11 is 0. The lowest BCUT2D eigenvalue weighted by Gasteiger charge is -2.17. The van der Waals surface area contributed by atoms with Crippen LogP contribution in [-0.4, -0.2) is 4.98 Å². The average molecular weight is 574 g/mol. The van der Waals surface area contributed by atoms with Crippen molar-refractivity contribution in [3.05, 3.63) is 18.2 Å². The molecule has 0 aromatic carbocycles. The van der Waals surface area contributed by atoms with Gasteiger partial charge in [-0.2, -0.15) is 0 Å². The van der Waals surface area contributed by atoms with Crippen LogP contribution in [0.5, 0.6) is 0 Å². The maximum Gasteiger partial charge on any atom is 0.257 e. The molecule has 1 heterocycles. The van der Waals surface area contributed by atoms with E-state index in [1.807, 2.05) is 0 Å². The first-order valence-corrected chi connectivity index (χ1v) is 19.3. The van der Waals surface area contributed by atoms with Gasteiger partial charge in [-0.25, -0.2) is 9.55 Å². The third kappa shape index (κ3) is 21.5. The Hall–Kier alpha value is -0.790. The molecule has 0 spiro atoms. The van der Waals surface area contributed by atoms with Crippen LogP contribution in [0.2, 0.25) is 0 Å². The molecule has 0 radical (unpaired) electrons. The van der Waals surface area contributed by atoms with E-state index < -0.39 is 0 Å². The van der Waals surface area contributed by atoms with E-state index in [9.17, 15) is 0 Å². The van der Waals surface area contributed by atoms with Gasteiger partial charge in [-0.3, -0.25) is 0 Å². The molecule has 0 aliphatic rings. The summed E-state index contributed by atoms with van der Waals surface area (Å²) in [6.45, 7) is 9.41. The molecule has 41 heavy (non-hydrogen) atoms. The highest BCUT2D eigenvalue weighted by atomic mass is 15.1. The summed E-state index contributed by atoms with van der Waals surface area (Å²) in [5.74, 6) is 2.24. The quantitative estimate of drug-likeness (QED) is 0.0653. The molecule has 1 aromatic heterocycles. The van der Waals surface area contributed by atoms with Gasteiger partial charge in [0, 0.05) is 0 Å². The fraction of sp³-hybridized carbons (Fsp3) is 0.923. The summed E-state index contributed by atoms with van der Waals surface area (Å²) in [6.07, 6.45) is 47.2. The second-order valence-electron chi connectivity index (χ2n) is 13.6. The van der Waals surface area contributed by atoms with Crippen molar-refractivity contribution in [1.29, 1.82) is 0 Å². The third-order valence-corrected chi connectivity index (χ3v) is 9.64. The van der Waals surface area contributed by atoms with Crippen molar-refractivity contribution in [2.24, 2.45) is 0 Å². The van der Waals surface area contributed by atoms with Gasteiger partial charge >= 0.3 is 0 Å². The van der Waals surface area contributed by atoms with E-state index in [2.05, 4.69) is 49.6 Å². The molecule has 1 rings (SSSR count). The van der Waals surface area contributed by atoms with Crippen LogP contribution in [0.3, 0.4) is 0 Å². The molecule has 0 fully saturated rings. The molecule has 2 nitrogen and oxygen atoms in total. The second kappa shape index (κ2) is 29.3. The van der Waals surface area contributed by atoms with Crippen molar-refractivity contribution in [3.8, 4) is 0 Å². The van der Waals surface area contributed by atoms with Crippen LogP contribution in [0.4, 0.5) is 0 Å². The number of hydrogen-bond donors (Lipinski definition) is 1.